The minimum atomic E-state index is 0.141. The van der Waals surface area contributed by atoms with E-state index in [9.17, 15) is 0 Å². The Morgan fingerprint density at radius 3 is 2.74 bits per heavy atom. The third-order valence-electron chi connectivity index (χ3n) is 3.27. The van der Waals surface area contributed by atoms with Crippen molar-refractivity contribution in [3.63, 3.8) is 0 Å². The molecule has 2 N–H and O–H groups in total. The fraction of sp³-hybridized carbons (Fsp3) is 0.214. The van der Waals surface area contributed by atoms with Crippen LogP contribution in [0.4, 0.5) is 5.82 Å². The first kappa shape index (κ1) is 12.7. The van der Waals surface area contributed by atoms with E-state index in [1.807, 2.05) is 11.6 Å². The maximum absolute atomic E-state index is 6.09. The van der Waals surface area contributed by atoms with Crippen LogP contribution in [0.2, 0.25) is 0 Å². The third kappa shape index (κ3) is 2.07. The van der Waals surface area contributed by atoms with Gasteiger partial charge in [0.25, 0.3) is 0 Å². The molecule has 3 rings (SSSR count). The number of fused-ring (bicyclic) bond motifs is 1. The van der Waals surface area contributed by atoms with Crippen molar-refractivity contribution in [1.82, 2.24) is 9.78 Å². The number of halogens is 1. The summed E-state index contributed by atoms with van der Waals surface area (Å²) in [6, 6.07) is 10.8. The van der Waals surface area contributed by atoms with E-state index in [4.69, 9.17) is 5.73 Å². The van der Waals surface area contributed by atoms with Gasteiger partial charge in [-0.05, 0) is 47.3 Å². The van der Waals surface area contributed by atoms with Gasteiger partial charge >= 0.3 is 0 Å². The van der Waals surface area contributed by atoms with Crippen LogP contribution in [0.25, 0.3) is 10.1 Å². The minimum absolute atomic E-state index is 0.141. The fourth-order valence-electron chi connectivity index (χ4n) is 2.17. The Bertz CT molecular complexity index is 711. The van der Waals surface area contributed by atoms with Crippen molar-refractivity contribution in [1.29, 1.82) is 0 Å². The van der Waals surface area contributed by atoms with Gasteiger partial charge in [0.2, 0.25) is 0 Å². The van der Waals surface area contributed by atoms with Gasteiger partial charge in [-0.2, -0.15) is 5.10 Å². The number of hydrogen-bond acceptors (Lipinski definition) is 3. The van der Waals surface area contributed by atoms with Gasteiger partial charge in [0.15, 0.2) is 0 Å². The highest BCUT2D eigenvalue weighted by Crippen LogP contribution is 2.34. The average Bonchev–Trinajstić information content (AvgIpc) is 2.95. The first-order valence-electron chi connectivity index (χ1n) is 6.06. The summed E-state index contributed by atoms with van der Waals surface area (Å²) in [7, 11) is 0. The van der Waals surface area contributed by atoms with Crippen molar-refractivity contribution in [3.05, 3.63) is 45.4 Å². The van der Waals surface area contributed by atoms with E-state index in [0.29, 0.717) is 5.82 Å². The van der Waals surface area contributed by atoms with E-state index in [-0.39, 0.29) is 6.04 Å². The van der Waals surface area contributed by atoms with Crippen LogP contribution in [0.3, 0.4) is 0 Å². The van der Waals surface area contributed by atoms with E-state index >= 15 is 0 Å². The Morgan fingerprint density at radius 1 is 1.37 bits per heavy atom. The van der Waals surface area contributed by atoms with Crippen LogP contribution in [-0.2, 0) is 0 Å². The van der Waals surface area contributed by atoms with Gasteiger partial charge in [-0.1, -0.05) is 18.2 Å². The molecule has 3 aromatic rings. The lowest BCUT2D eigenvalue weighted by molar-refractivity contribution is 0.577. The smallest absolute Gasteiger partial charge is 0.137 e. The fourth-order valence-corrected chi connectivity index (χ4v) is 3.53. The van der Waals surface area contributed by atoms with Crippen LogP contribution in [0.5, 0.6) is 0 Å². The number of rotatable bonds is 2. The molecule has 1 unspecified atom stereocenters. The first-order chi connectivity index (χ1) is 9.08. The molecule has 0 amide bonds. The van der Waals surface area contributed by atoms with Crippen LogP contribution in [0, 0.1) is 6.92 Å². The normalized spacial score (nSPS) is 13.0. The number of nitrogen functional groups attached to an aromatic ring is 1. The molecule has 0 saturated heterocycles. The monoisotopic (exact) mass is 335 g/mol. The number of nitrogens with zero attached hydrogens (tertiary/aromatic N) is 2. The highest BCUT2D eigenvalue weighted by Gasteiger charge is 2.18. The molecular weight excluding hydrogens is 322 g/mol. The van der Waals surface area contributed by atoms with Crippen molar-refractivity contribution in [2.45, 2.75) is 19.9 Å². The first-order valence-corrected chi connectivity index (χ1v) is 7.67. The van der Waals surface area contributed by atoms with Crippen LogP contribution in [0.1, 0.15) is 23.5 Å². The number of benzene rings is 1. The van der Waals surface area contributed by atoms with Gasteiger partial charge < -0.3 is 5.73 Å². The Kier molecular flexibility index (Phi) is 3.11. The number of anilines is 1. The van der Waals surface area contributed by atoms with Crippen LogP contribution < -0.4 is 5.73 Å². The molecule has 1 atom stereocenters. The number of thiophene rings is 1. The predicted octanol–water partition coefficient (Wildman–Crippen LogP) is 4.36. The van der Waals surface area contributed by atoms with Crippen LogP contribution >= 0.6 is 27.3 Å². The maximum Gasteiger partial charge on any atom is 0.137 e. The zero-order chi connectivity index (χ0) is 13.6. The molecule has 0 bridgehead atoms. The summed E-state index contributed by atoms with van der Waals surface area (Å²) >= 11 is 5.26. The van der Waals surface area contributed by atoms with E-state index in [0.717, 1.165) is 10.2 Å². The van der Waals surface area contributed by atoms with E-state index in [2.05, 4.69) is 58.3 Å². The highest BCUT2D eigenvalue weighted by atomic mass is 79.9. The van der Waals surface area contributed by atoms with Gasteiger partial charge in [-0.3, -0.25) is 0 Å². The molecule has 0 aliphatic carbocycles. The number of aryl methyl sites for hydroxylation is 1. The zero-order valence-corrected chi connectivity index (χ0v) is 13.1. The van der Waals surface area contributed by atoms with Crippen molar-refractivity contribution in [2.24, 2.45) is 0 Å². The average molecular weight is 336 g/mol. The molecule has 5 heteroatoms. The summed E-state index contributed by atoms with van der Waals surface area (Å²) in [4.78, 5) is 1.27. The summed E-state index contributed by atoms with van der Waals surface area (Å²) in [6.07, 6.45) is 0. The van der Waals surface area contributed by atoms with Crippen LogP contribution in [-0.4, -0.2) is 9.78 Å². The second-order valence-corrected chi connectivity index (χ2v) is 6.50. The van der Waals surface area contributed by atoms with Crippen molar-refractivity contribution < 1.29 is 0 Å². The number of hydrogen-bond donors (Lipinski definition) is 1. The zero-order valence-electron chi connectivity index (χ0n) is 10.7. The molecule has 2 aromatic heterocycles. The molecule has 0 radical (unpaired) electrons. The molecule has 19 heavy (non-hydrogen) atoms. The summed E-state index contributed by atoms with van der Waals surface area (Å²) in [5.41, 5.74) is 7.02. The predicted molar refractivity (Wildman–Crippen MR) is 84.7 cm³/mol. The van der Waals surface area contributed by atoms with Gasteiger partial charge in [0.1, 0.15) is 5.82 Å². The maximum atomic E-state index is 6.09. The van der Waals surface area contributed by atoms with E-state index < -0.39 is 0 Å². The van der Waals surface area contributed by atoms with E-state index in [1.165, 1.54) is 15.0 Å². The highest BCUT2D eigenvalue weighted by molar-refractivity contribution is 9.10. The molecule has 98 valence electrons. The molecule has 0 fully saturated rings. The third-order valence-corrected chi connectivity index (χ3v) is 5.54. The van der Waals surface area contributed by atoms with Crippen molar-refractivity contribution >= 4 is 43.2 Å². The molecule has 2 heterocycles. The second kappa shape index (κ2) is 4.65. The Hall–Kier alpha value is -1.33. The molecule has 0 aliphatic heterocycles. The largest absolute Gasteiger partial charge is 0.383 e. The molecule has 1 aromatic carbocycles. The molecule has 0 spiro atoms. The standard InChI is InChI=1S/C14H14BrN3S/c1-8-13(15)14(16)18(17-8)9(2)12-7-10-5-3-4-6-11(10)19-12/h3-7,9H,16H2,1-2H3. The quantitative estimate of drug-likeness (QED) is 0.756. The van der Waals surface area contributed by atoms with Gasteiger partial charge in [0.05, 0.1) is 16.2 Å². The molecular formula is C14H14BrN3S. The van der Waals surface area contributed by atoms with Crippen LogP contribution in [0.15, 0.2) is 34.8 Å². The SMILES string of the molecule is Cc1nn(C(C)c2cc3ccccc3s2)c(N)c1Br. The lowest BCUT2D eigenvalue weighted by Gasteiger charge is -2.11. The Labute approximate surface area is 124 Å². The van der Waals surface area contributed by atoms with Gasteiger partial charge in [-0.25, -0.2) is 4.68 Å². The molecule has 0 aliphatic rings. The summed E-state index contributed by atoms with van der Waals surface area (Å²) in [5, 5.41) is 5.78. The van der Waals surface area contributed by atoms with Gasteiger partial charge in [-0.15, -0.1) is 11.3 Å². The number of aromatic nitrogens is 2. The minimum Gasteiger partial charge on any atom is -0.383 e. The van der Waals surface area contributed by atoms with E-state index in [1.54, 1.807) is 11.3 Å². The Morgan fingerprint density at radius 2 is 2.11 bits per heavy atom. The van der Waals surface area contributed by atoms with Gasteiger partial charge in [0, 0.05) is 9.58 Å². The lowest BCUT2D eigenvalue weighted by atomic mass is 10.2. The number of nitrogens with two attached hydrogens (primary N) is 1. The van der Waals surface area contributed by atoms with Crippen molar-refractivity contribution in [2.75, 3.05) is 5.73 Å². The summed E-state index contributed by atoms with van der Waals surface area (Å²) in [5.74, 6) is 0.683. The summed E-state index contributed by atoms with van der Waals surface area (Å²) < 4.78 is 4.07. The topological polar surface area (TPSA) is 43.8 Å². The molecule has 3 nitrogen and oxygen atoms in total. The molecule has 0 saturated carbocycles. The Balaban J connectivity index is 2.07. The summed E-state index contributed by atoms with van der Waals surface area (Å²) in [6.45, 7) is 4.08. The van der Waals surface area contributed by atoms with Crippen molar-refractivity contribution in [3.8, 4) is 0 Å². The lowest BCUT2D eigenvalue weighted by Crippen LogP contribution is -2.10. The second-order valence-electron chi connectivity index (χ2n) is 4.59.